The van der Waals surface area contributed by atoms with Gasteiger partial charge in [0.1, 0.15) is 11.3 Å². The van der Waals surface area contributed by atoms with Crippen LogP contribution in [-0.4, -0.2) is 35.5 Å². The zero-order valence-corrected chi connectivity index (χ0v) is 19.9. The van der Waals surface area contributed by atoms with Gasteiger partial charge in [-0.3, -0.25) is 4.79 Å². The lowest BCUT2D eigenvalue weighted by Gasteiger charge is -2.15. The molecule has 1 saturated carbocycles. The van der Waals surface area contributed by atoms with E-state index in [2.05, 4.69) is 5.10 Å². The van der Waals surface area contributed by atoms with E-state index in [1.165, 1.54) is 0 Å². The SMILES string of the molecule is COc1ccc(-c2cn3nc([C]4[CH][CH][CH][CH]4)cc3c(=O)n2CCc2ccc(OC)c(OC)c2)cc1. The molecule has 2 aromatic carbocycles. The van der Waals surface area contributed by atoms with E-state index in [1.807, 2.05) is 85.0 Å². The van der Waals surface area contributed by atoms with Crippen LogP contribution < -0.4 is 19.8 Å². The van der Waals surface area contributed by atoms with Crippen LogP contribution in [0.1, 0.15) is 11.3 Å². The van der Waals surface area contributed by atoms with Gasteiger partial charge in [-0.25, -0.2) is 4.52 Å². The molecule has 0 bridgehead atoms. The second-order valence-corrected chi connectivity index (χ2v) is 8.17. The van der Waals surface area contributed by atoms with E-state index >= 15 is 0 Å². The highest BCUT2D eigenvalue weighted by atomic mass is 16.5. The largest absolute Gasteiger partial charge is 0.497 e. The van der Waals surface area contributed by atoms with Gasteiger partial charge in [-0.1, -0.05) is 6.07 Å². The van der Waals surface area contributed by atoms with Crippen LogP contribution in [-0.2, 0) is 13.0 Å². The smallest absolute Gasteiger partial charge is 0.277 e. The Kier molecular flexibility index (Phi) is 6.49. The van der Waals surface area contributed by atoms with E-state index in [0.717, 1.165) is 34.2 Å². The monoisotopic (exact) mass is 468 g/mol. The van der Waals surface area contributed by atoms with Gasteiger partial charge in [0.15, 0.2) is 11.5 Å². The van der Waals surface area contributed by atoms with Crippen molar-refractivity contribution >= 4 is 5.52 Å². The number of fused-ring (bicyclic) bond motifs is 1. The Morgan fingerprint density at radius 2 is 1.60 bits per heavy atom. The van der Waals surface area contributed by atoms with Gasteiger partial charge < -0.3 is 18.8 Å². The van der Waals surface area contributed by atoms with Crippen LogP contribution in [0, 0.1) is 31.6 Å². The molecular weight excluding hydrogens is 442 g/mol. The number of ether oxygens (including phenoxy) is 3. The summed E-state index contributed by atoms with van der Waals surface area (Å²) in [5, 5.41) is 4.69. The Hall–Kier alpha value is -3.74. The maximum atomic E-state index is 13.7. The average Bonchev–Trinajstić information content (AvgIpc) is 3.58. The van der Waals surface area contributed by atoms with Crippen LogP contribution in [0.2, 0.25) is 0 Å². The third-order valence-electron chi connectivity index (χ3n) is 6.15. The molecule has 1 aliphatic carbocycles. The van der Waals surface area contributed by atoms with Crippen molar-refractivity contribution in [3.05, 3.63) is 108 Å². The lowest BCUT2D eigenvalue weighted by Crippen LogP contribution is -2.25. The molecule has 1 fully saturated rings. The highest BCUT2D eigenvalue weighted by molar-refractivity contribution is 5.63. The van der Waals surface area contributed by atoms with E-state index in [9.17, 15) is 4.79 Å². The van der Waals surface area contributed by atoms with Gasteiger partial charge >= 0.3 is 0 Å². The van der Waals surface area contributed by atoms with Gasteiger partial charge in [0, 0.05) is 18.0 Å². The average molecular weight is 469 g/mol. The molecule has 7 heteroatoms. The van der Waals surface area contributed by atoms with Crippen molar-refractivity contribution in [2.45, 2.75) is 13.0 Å². The fraction of sp³-hybridized carbons (Fsp3) is 0.179. The first-order valence-electron chi connectivity index (χ1n) is 11.3. The molecule has 0 unspecified atom stereocenters. The molecule has 4 aromatic rings. The standard InChI is InChI=1S/C28H26N3O4/c1-33-22-11-9-21(10-12-22)25-18-31-24(17-23(29-31)20-6-4-5-7-20)28(32)30(25)15-14-19-8-13-26(34-2)27(16-19)35-3/h4-13,16-18H,14-15H2,1-3H3. The first-order chi connectivity index (χ1) is 17.1. The second-order valence-electron chi connectivity index (χ2n) is 8.17. The zero-order valence-electron chi connectivity index (χ0n) is 19.9. The topological polar surface area (TPSA) is 67.0 Å². The molecule has 35 heavy (non-hydrogen) atoms. The Morgan fingerprint density at radius 1 is 0.857 bits per heavy atom. The van der Waals surface area contributed by atoms with Gasteiger partial charge in [-0.15, -0.1) is 0 Å². The molecule has 0 aliphatic heterocycles. The molecule has 0 amide bonds. The molecular formula is C28H26N3O4. The molecule has 2 heterocycles. The zero-order chi connectivity index (χ0) is 24.4. The van der Waals surface area contributed by atoms with Crippen LogP contribution in [0.4, 0.5) is 0 Å². The lowest BCUT2D eigenvalue weighted by molar-refractivity contribution is 0.354. The van der Waals surface area contributed by atoms with Crippen molar-refractivity contribution < 1.29 is 14.2 Å². The van der Waals surface area contributed by atoms with Crippen molar-refractivity contribution in [3.63, 3.8) is 0 Å². The summed E-state index contributed by atoms with van der Waals surface area (Å²) in [4.78, 5) is 13.7. The quantitative estimate of drug-likeness (QED) is 0.388. The number of aromatic nitrogens is 3. The van der Waals surface area contributed by atoms with Crippen molar-refractivity contribution in [2.24, 2.45) is 0 Å². The van der Waals surface area contributed by atoms with Crippen LogP contribution in [0.3, 0.4) is 0 Å². The molecule has 0 atom stereocenters. The first-order valence-corrected chi connectivity index (χ1v) is 11.3. The molecule has 5 radical (unpaired) electrons. The normalized spacial score (nSPS) is 13.9. The van der Waals surface area contributed by atoms with E-state index < -0.39 is 0 Å². The summed E-state index contributed by atoms with van der Waals surface area (Å²) in [7, 11) is 4.86. The predicted molar refractivity (Wildman–Crippen MR) is 134 cm³/mol. The maximum Gasteiger partial charge on any atom is 0.277 e. The highest BCUT2D eigenvalue weighted by Crippen LogP contribution is 2.31. The highest BCUT2D eigenvalue weighted by Gasteiger charge is 2.23. The molecule has 0 N–H and O–H groups in total. The van der Waals surface area contributed by atoms with Gasteiger partial charge in [-0.05, 0) is 80.1 Å². The molecule has 177 valence electrons. The first kappa shape index (κ1) is 23.0. The van der Waals surface area contributed by atoms with Crippen molar-refractivity contribution in [1.29, 1.82) is 0 Å². The summed E-state index contributed by atoms with van der Waals surface area (Å²) in [6.45, 7) is 0.489. The summed E-state index contributed by atoms with van der Waals surface area (Å²) in [5.41, 5.74) is 3.94. The summed E-state index contributed by atoms with van der Waals surface area (Å²) in [6, 6.07) is 15.4. The van der Waals surface area contributed by atoms with Gasteiger partial charge in [-0.2, -0.15) is 5.10 Å². The minimum absolute atomic E-state index is 0.0934. The van der Waals surface area contributed by atoms with E-state index in [1.54, 1.807) is 25.8 Å². The van der Waals surface area contributed by atoms with Crippen molar-refractivity contribution in [3.8, 4) is 28.5 Å². The maximum absolute atomic E-state index is 13.7. The number of hydrogen-bond acceptors (Lipinski definition) is 5. The summed E-state index contributed by atoms with van der Waals surface area (Å²) >= 11 is 0. The second kappa shape index (κ2) is 9.86. The molecule has 5 rings (SSSR count). The third kappa shape index (κ3) is 4.50. The molecule has 0 saturated heterocycles. The summed E-state index contributed by atoms with van der Waals surface area (Å²) in [5.74, 6) is 3.08. The fourth-order valence-electron chi connectivity index (χ4n) is 4.26. The number of hydrogen-bond donors (Lipinski definition) is 0. The molecule has 2 aromatic heterocycles. The van der Waals surface area contributed by atoms with E-state index in [0.29, 0.717) is 30.0 Å². The number of aryl methyl sites for hydroxylation is 1. The van der Waals surface area contributed by atoms with Crippen LogP contribution in [0.15, 0.2) is 59.5 Å². The number of rotatable bonds is 8. The number of benzene rings is 2. The van der Waals surface area contributed by atoms with Crippen LogP contribution in [0.5, 0.6) is 17.2 Å². The third-order valence-corrected chi connectivity index (χ3v) is 6.15. The molecule has 1 aliphatic rings. The number of methoxy groups -OCH3 is 3. The van der Waals surface area contributed by atoms with Crippen molar-refractivity contribution in [1.82, 2.24) is 14.2 Å². The Labute approximate surface area is 204 Å². The Bertz CT molecular complexity index is 1380. The van der Waals surface area contributed by atoms with Gasteiger partial charge in [0.2, 0.25) is 0 Å². The Morgan fingerprint density at radius 3 is 2.29 bits per heavy atom. The van der Waals surface area contributed by atoms with E-state index in [4.69, 9.17) is 14.2 Å². The lowest BCUT2D eigenvalue weighted by atomic mass is 10.0. The summed E-state index contributed by atoms with van der Waals surface area (Å²) < 4.78 is 19.6. The Balaban J connectivity index is 1.56. The van der Waals surface area contributed by atoms with Crippen LogP contribution >= 0.6 is 0 Å². The molecule has 0 spiro atoms. The van der Waals surface area contributed by atoms with E-state index in [-0.39, 0.29) is 5.56 Å². The van der Waals surface area contributed by atoms with Gasteiger partial charge in [0.25, 0.3) is 5.56 Å². The van der Waals surface area contributed by atoms with Gasteiger partial charge in [0.05, 0.1) is 38.9 Å². The number of nitrogens with zero attached hydrogens (tertiary/aromatic N) is 3. The van der Waals surface area contributed by atoms with Crippen molar-refractivity contribution in [2.75, 3.05) is 21.3 Å². The molecule has 7 nitrogen and oxygen atoms in total. The predicted octanol–water partition coefficient (Wildman–Crippen LogP) is 4.18. The fourth-order valence-corrected chi connectivity index (χ4v) is 4.26. The minimum atomic E-state index is -0.0934. The van der Waals surface area contributed by atoms with Crippen LogP contribution in [0.25, 0.3) is 16.8 Å². The summed E-state index contributed by atoms with van der Waals surface area (Å²) in [6.07, 6.45) is 10.5. The minimum Gasteiger partial charge on any atom is -0.497 e.